The molecule has 0 fully saturated rings. The number of aliphatic hydroxyl groups is 1. The van der Waals surface area contributed by atoms with Gasteiger partial charge in [-0.2, -0.15) is 4.36 Å². The van der Waals surface area contributed by atoms with E-state index in [1.165, 1.54) is 28.5 Å². The summed E-state index contributed by atoms with van der Waals surface area (Å²) in [5.74, 6) is -0.366. The average molecular weight is 407 g/mol. The summed E-state index contributed by atoms with van der Waals surface area (Å²) >= 11 is 4.13. The molecule has 27 heavy (non-hydrogen) atoms. The number of hydrogen-bond acceptors (Lipinski definition) is 5. The predicted octanol–water partition coefficient (Wildman–Crippen LogP) is 2.97. The van der Waals surface area contributed by atoms with Gasteiger partial charge in [0.25, 0.3) is 5.91 Å². The number of carbonyl (C=O) groups is 1. The lowest BCUT2D eigenvalue weighted by Gasteiger charge is -2.15. The zero-order valence-corrected chi connectivity index (χ0v) is 17.5. The third kappa shape index (κ3) is 4.89. The van der Waals surface area contributed by atoms with Crippen LogP contribution in [-0.2, 0) is 47.5 Å². The van der Waals surface area contributed by atoms with Crippen LogP contribution in [0.2, 0.25) is 0 Å². The Morgan fingerprint density at radius 1 is 1.22 bits per heavy atom. The topological polar surface area (TPSA) is 79.1 Å². The third-order valence-corrected chi connectivity index (χ3v) is 6.54. The van der Waals surface area contributed by atoms with Gasteiger partial charge in [-0.05, 0) is 80.2 Å². The molecule has 0 saturated carbocycles. The first kappa shape index (κ1) is 20.3. The maximum atomic E-state index is 12.4. The molecule has 0 bridgehead atoms. The molecule has 0 radical (unpaired) electrons. The summed E-state index contributed by atoms with van der Waals surface area (Å²) in [6.07, 6.45) is 8.01. The number of amides is 1. The van der Waals surface area contributed by atoms with Crippen molar-refractivity contribution in [2.24, 2.45) is 9.36 Å². The van der Waals surface area contributed by atoms with Crippen LogP contribution in [0.5, 0.6) is 0 Å². The van der Waals surface area contributed by atoms with Crippen molar-refractivity contribution in [3.8, 4) is 0 Å². The van der Waals surface area contributed by atoms with E-state index < -0.39 is 16.2 Å². The van der Waals surface area contributed by atoms with Crippen molar-refractivity contribution in [2.45, 2.75) is 64.4 Å². The monoisotopic (exact) mass is 406 g/mol. The Hall–Kier alpha value is -1.44. The van der Waals surface area contributed by atoms with Crippen LogP contribution in [0, 0.1) is 0 Å². The number of benzene rings is 1. The van der Waals surface area contributed by atoms with Gasteiger partial charge >= 0.3 is 0 Å². The van der Waals surface area contributed by atoms with Gasteiger partial charge in [-0.1, -0.05) is 6.07 Å². The minimum Gasteiger partial charge on any atom is -0.385 e. The second kappa shape index (κ2) is 8.29. The first-order valence-electron chi connectivity index (χ1n) is 9.27. The van der Waals surface area contributed by atoms with Crippen LogP contribution in [0.25, 0.3) is 0 Å². The lowest BCUT2D eigenvalue weighted by Crippen LogP contribution is -2.18. The summed E-state index contributed by atoms with van der Waals surface area (Å²) in [5.41, 5.74) is 6.52. The molecular formula is C20H26N2O3S2. The van der Waals surface area contributed by atoms with Crippen molar-refractivity contribution < 1.29 is 14.1 Å². The lowest BCUT2D eigenvalue weighted by molar-refractivity contribution is -0.117. The Morgan fingerprint density at radius 3 is 2.37 bits per heavy atom. The van der Waals surface area contributed by atoms with Gasteiger partial charge in [0, 0.05) is 11.1 Å². The molecule has 2 aliphatic carbocycles. The van der Waals surface area contributed by atoms with Gasteiger partial charge < -0.3 is 5.11 Å². The summed E-state index contributed by atoms with van der Waals surface area (Å²) in [5, 5.41) is 9.75. The number of aliphatic imine (C=N–C) groups is 1. The quantitative estimate of drug-likeness (QED) is 0.400. The Morgan fingerprint density at radius 2 is 1.81 bits per heavy atom. The Bertz CT molecular complexity index is 873. The summed E-state index contributed by atoms with van der Waals surface area (Å²) in [6.45, 7) is 3.15. The molecule has 5 nitrogen and oxygen atoms in total. The highest BCUT2D eigenvalue weighted by Crippen LogP contribution is 2.35. The zero-order valence-electron chi connectivity index (χ0n) is 15.7. The van der Waals surface area contributed by atoms with E-state index in [-0.39, 0.29) is 12.3 Å². The minimum absolute atomic E-state index is 0.220. The number of nitrogens with zero attached hydrogens (tertiary/aromatic N) is 2. The van der Waals surface area contributed by atoms with Crippen molar-refractivity contribution in [1.29, 1.82) is 0 Å². The molecule has 1 aromatic rings. The van der Waals surface area contributed by atoms with E-state index in [4.69, 9.17) is 0 Å². The van der Waals surface area contributed by atoms with Crippen molar-refractivity contribution in [3.05, 3.63) is 45.0 Å². The van der Waals surface area contributed by atoms with Crippen molar-refractivity contribution in [2.75, 3.05) is 0 Å². The highest BCUT2D eigenvalue weighted by atomic mass is 32.2. The van der Waals surface area contributed by atoms with Crippen molar-refractivity contribution >= 4 is 34.7 Å². The zero-order chi connectivity index (χ0) is 19.6. The lowest BCUT2D eigenvalue weighted by atomic mass is 9.92. The second-order valence-corrected chi connectivity index (χ2v) is 9.17. The standard InChI is InChI=1S/C20H26N2O3S2/c1-20(2,24)18(26)11-21-12-27(25)22-19(23)10-17-15-7-3-5-13(15)9-14-6-4-8-16(14)17/h9,11-12,24,26-27H,3-8,10H2,1-2H3/b18-11-,21-12+. The molecule has 1 aromatic carbocycles. The van der Waals surface area contributed by atoms with E-state index >= 15 is 0 Å². The van der Waals surface area contributed by atoms with Gasteiger partial charge in [0.05, 0.1) is 28.2 Å². The molecule has 0 saturated heterocycles. The largest absolute Gasteiger partial charge is 0.385 e. The van der Waals surface area contributed by atoms with E-state index in [1.54, 1.807) is 13.8 Å². The Labute approximate surface area is 167 Å². The van der Waals surface area contributed by atoms with Crippen LogP contribution >= 0.6 is 12.6 Å². The number of carbonyl (C=O) groups excluding carboxylic acids is 1. The average Bonchev–Trinajstić information content (AvgIpc) is 3.22. The number of thiol groups is 2. The maximum absolute atomic E-state index is 12.4. The van der Waals surface area contributed by atoms with E-state index in [0.29, 0.717) is 4.91 Å². The fourth-order valence-electron chi connectivity index (χ4n) is 3.79. The fourth-order valence-corrected chi connectivity index (χ4v) is 4.38. The van der Waals surface area contributed by atoms with E-state index in [2.05, 4.69) is 28.1 Å². The predicted molar refractivity (Wildman–Crippen MR) is 113 cm³/mol. The molecule has 146 valence electrons. The second-order valence-electron chi connectivity index (χ2n) is 7.65. The van der Waals surface area contributed by atoms with Gasteiger partial charge in [0.15, 0.2) is 0 Å². The van der Waals surface area contributed by atoms with Crippen LogP contribution < -0.4 is 0 Å². The van der Waals surface area contributed by atoms with Gasteiger partial charge in [-0.3, -0.25) is 9.79 Å². The highest BCUT2D eigenvalue weighted by molar-refractivity contribution is 7.89. The number of aryl methyl sites for hydroxylation is 2. The van der Waals surface area contributed by atoms with Crippen molar-refractivity contribution in [1.82, 2.24) is 0 Å². The summed E-state index contributed by atoms with van der Waals surface area (Å²) in [6, 6.07) is 2.33. The van der Waals surface area contributed by atoms with Crippen LogP contribution in [-0.4, -0.2) is 26.4 Å². The minimum atomic E-state index is -2.22. The Kier molecular flexibility index (Phi) is 6.23. The molecule has 0 aromatic heterocycles. The summed E-state index contributed by atoms with van der Waals surface area (Å²) < 4.78 is 15.8. The number of fused-ring (bicyclic) bond motifs is 2. The van der Waals surface area contributed by atoms with Gasteiger partial charge in [0.1, 0.15) is 0 Å². The highest BCUT2D eigenvalue weighted by Gasteiger charge is 2.24. The molecule has 1 amide bonds. The van der Waals surface area contributed by atoms with E-state index in [1.807, 2.05) is 0 Å². The van der Waals surface area contributed by atoms with Crippen LogP contribution in [0.3, 0.4) is 0 Å². The van der Waals surface area contributed by atoms with Crippen LogP contribution in [0.4, 0.5) is 0 Å². The maximum Gasteiger partial charge on any atom is 0.258 e. The smallest absolute Gasteiger partial charge is 0.258 e. The van der Waals surface area contributed by atoms with E-state index in [0.717, 1.165) is 49.6 Å². The normalized spacial score (nSPS) is 18.1. The molecule has 2 aliphatic rings. The van der Waals surface area contributed by atoms with E-state index in [9.17, 15) is 14.1 Å². The number of hydrogen-bond donors (Lipinski definition) is 3. The molecule has 0 spiro atoms. The SMILES string of the molecule is CC(C)(O)/C(S)=C/N=C/[SH](=O)=N/C(=O)Cc1c2c(cc3c1CCC3)CCC2. The molecule has 7 heteroatoms. The molecule has 1 unspecified atom stereocenters. The molecule has 1 atom stereocenters. The number of rotatable bonds is 5. The molecular weight excluding hydrogens is 380 g/mol. The van der Waals surface area contributed by atoms with Crippen LogP contribution in [0.1, 0.15) is 54.5 Å². The first-order chi connectivity index (χ1) is 12.8. The molecule has 3 rings (SSSR count). The Balaban J connectivity index is 1.75. The summed E-state index contributed by atoms with van der Waals surface area (Å²) in [4.78, 5) is 16.6. The molecule has 0 heterocycles. The van der Waals surface area contributed by atoms with Crippen molar-refractivity contribution in [3.63, 3.8) is 0 Å². The van der Waals surface area contributed by atoms with Gasteiger partial charge in [-0.25, -0.2) is 4.21 Å². The third-order valence-electron chi connectivity index (χ3n) is 5.13. The molecule has 0 aliphatic heterocycles. The fraction of sp³-hybridized carbons (Fsp3) is 0.500. The molecule has 1 N–H and O–H groups in total. The van der Waals surface area contributed by atoms with Gasteiger partial charge in [-0.15, -0.1) is 12.6 Å². The summed E-state index contributed by atoms with van der Waals surface area (Å²) in [7, 11) is -2.22. The first-order valence-corrected chi connectivity index (χ1v) is 11.0. The van der Waals surface area contributed by atoms with Gasteiger partial charge in [0.2, 0.25) is 0 Å². The van der Waals surface area contributed by atoms with Crippen LogP contribution in [0.15, 0.2) is 26.5 Å².